The summed E-state index contributed by atoms with van der Waals surface area (Å²) < 4.78 is 1.80. The molecule has 0 saturated heterocycles. The van der Waals surface area contributed by atoms with E-state index in [-0.39, 0.29) is 0 Å². The molecule has 2 heterocycles. The van der Waals surface area contributed by atoms with Gasteiger partial charge in [0.1, 0.15) is 5.82 Å². The van der Waals surface area contributed by atoms with Crippen LogP contribution in [0.15, 0.2) is 30.6 Å². The highest BCUT2D eigenvalue weighted by Crippen LogP contribution is 2.17. The molecule has 18 heavy (non-hydrogen) atoms. The van der Waals surface area contributed by atoms with E-state index < -0.39 is 0 Å². The third-order valence-electron chi connectivity index (χ3n) is 2.86. The molecule has 0 saturated carbocycles. The van der Waals surface area contributed by atoms with Crippen LogP contribution in [0.1, 0.15) is 11.4 Å². The number of rotatable bonds is 3. The van der Waals surface area contributed by atoms with Crippen molar-refractivity contribution in [1.29, 1.82) is 0 Å². The van der Waals surface area contributed by atoms with E-state index in [9.17, 15) is 0 Å². The Hall–Kier alpha value is -2.30. The third-order valence-corrected chi connectivity index (χ3v) is 2.86. The van der Waals surface area contributed by atoms with Crippen molar-refractivity contribution in [2.45, 2.75) is 13.5 Å². The average molecular weight is 241 g/mol. The summed E-state index contributed by atoms with van der Waals surface area (Å²) in [5.74, 6) is 0.939. The summed E-state index contributed by atoms with van der Waals surface area (Å²) in [7, 11) is 1.92. The van der Waals surface area contributed by atoms with Crippen molar-refractivity contribution in [1.82, 2.24) is 19.7 Å². The molecular weight excluding hydrogens is 226 g/mol. The Morgan fingerprint density at radius 1 is 1.39 bits per heavy atom. The van der Waals surface area contributed by atoms with Gasteiger partial charge in [-0.05, 0) is 25.1 Å². The number of benzene rings is 1. The normalized spacial score (nSPS) is 11.0. The van der Waals surface area contributed by atoms with Crippen LogP contribution in [0.5, 0.6) is 0 Å². The van der Waals surface area contributed by atoms with Gasteiger partial charge < -0.3 is 10.3 Å². The van der Waals surface area contributed by atoms with Gasteiger partial charge in [-0.1, -0.05) is 0 Å². The molecule has 0 aliphatic carbocycles. The van der Waals surface area contributed by atoms with Gasteiger partial charge in [-0.2, -0.15) is 5.10 Å². The van der Waals surface area contributed by atoms with Crippen molar-refractivity contribution in [3.8, 4) is 0 Å². The van der Waals surface area contributed by atoms with Gasteiger partial charge in [0.15, 0.2) is 0 Å². The summed E-state index contributed by atoms with van der Waals surface area (Å²) in [4.78, 5) is 7.61. The largest absolute Gasteiger partial charge is 0.381 e. The Bertz CT molecular complexity index is 680. The van der Waals surface area contributed by atoms with E-state index in [1.54, 1.807) is 4.68 Å². The van der Waals surface area contributed by atoms with Crippen molar-refractivity contribution in [2.75, 3.05) is 5.32 Å². The van der Waals surface area contributed by atoms with Gasteiger partial charge in [-0.25, -0.2) is 4.98 Å². The van der Waals surface area contributed by atoms with Crippen LogP contribution in [-0.4, -0.2) is 19.7 Å². The van der Waals surface area contributed by atoms with E-state index in [2.05, 4.69) is 26.4 Å². The Morgan fingerprint density at radius 2 is 2.28 bits per heavy atom. The van der Waals surface area contributed by atoms with Crippen LogP contribution < -0.4 is 5.32 Å². The van der Waals surface area contributed by atoms with Gasteiger partial charge >= 0.3 is 0 Å². The predicted molar refractivity (Wildman–Crippen MR) is 71.4 cm³/mol. The number of aryl methyl sites for hydroxylation is 2. The molecule has 0 atom stereocenters. The number of aromatic nitrogens is 4. The lowest BCUT2D eigenvalue weighted by Gasteiger charge is -2.04. The minimum Gasteiger partial charge on any atom is -0.381 e. The van der Waals surface area contributed by atoms with Crippen molar-refractivity contribution in [3.05, 3.63) is 42.0 Å². The molecule has 5 heteroatoms. The van der Waals surface area contributed by atoms with E-state index >= 15 is 0 Å². The van der Waals surface area contributed by atoms with E-state index in [1.807, 2.05) is 38.5 Å². The number of nitrogens with zero attached hydrogens (tertiary/aromatic N) is 3. The number of nitrogens with one attached hydrogen (secondary N) is 2. The highest BCUT2D eigenvalue weighted by molar-refractivity contribution is 5.79. The zero-order valence-corrected chi connectivity index (χ0v) is 10.4. The quantitative estimate of drug-likeness (QED) is 0.739. The molecular formula is C13H15N5. The minimum atomic E-state index is 0.770. The first-order chi connectivity index (χ1) is 8.70. The van der Waals surface area contributed by atoms with Crippen LogP contribution in [-0.2, 0) is 13.6 Å². The second kappa shape index (κ2) is 4.18. The number of imidazole rings is 1. The van der Waals surface area contributed by atoms with Crippen molar-refractivity contribution < 1.29 is 0 Å². The van der Waals surface area contributed by atoms with Crippen LogP contribution >= 0.6 is 0 Å². The van der Waals surface area contributed by atoms with Gasteiger partial charge in [0, 0.05) is 31.0 Å². The fourth-order valence-electron chi connectivity index (χ4n) is 2.01. The maximum absolute atomic E-state index is 4.38. The molecule has 0 aliphatic rings. The van der Waals surface area contributed by atoms with E-state index in [4.69, 9.17) is 0 Å². The second-order valence-electron chi connectivity index (χ2n) is 4.43. The summed E-state index contributed by atoms with van der Waals surface area (Å²) in [6, 6.07) is 6.13. The highest BCUT2D eigenvalue weighted by atomic mass is 15.2. The van der Waals surface area contributed by atoms with Gasteiger partial charge in [-0.15, -0.1) is 0 Å². The Balaban J connectivity index is 1.78. The molecule has 0 unspecified atom stereocenters. The van der Waals surface area contributed by atoms with Gasteiger partial charge in [0.2, 0.25) is 0 Å². The fourth-order valence-corrected chi connectivity index (χ4v) is 2.01. The molecule has 2 N–H and O–H groups in total. The Morgan fingerprint density at radius 3 is 3.06 bits per heavy atom. The van der Waals surface area contributed by atoms with Crippen molar-refractivity contribution in [2.24, 2.45) is 7.05 Å². The first-order valence-electron chi connectivity index (χ1n) is 5.88. The maximum atomic E-state index is 4.38. The molecule has 2 aromatic heterocycles. The van der Waals surface area contributed by atoms with Crippen LogP contribution in [0, 0.1) is 6.92 Å². The number of aromatic amines is 1. The van der Waals surface area contributed by atoms with E-state index in [1.165, 1.54) is 5.56 Å². The number of hydrogen-bond donors (Lipinski definition) is 2. The fraction of sp³-hybridized carbons (Fsp3) is 0.231. The highest BCUT2D eigenvalue weighted by Gasteiger charge is 2.01. The molecule has 0 spiro atoms. The summed E-state index contributed by atoms with van der Waals surface area (Å²) in [5.41, 5.74) is 4.30. The first kappa shape index (κ1) is 10.8. The third kappa shape index (κ3) is 2.07. The summed E-state index contributed by atoms with van der Waals surface area (Å²) in [6.45, 7) is 2.73. The van der Waals surface area contributed by atoms with Crippen LogP contribution in [0.25, 0.3) is 11.0 Å². The van der Waals surface area contributed by atoms with Crippen molar-refractivity contribution in [3.63, 3.8) is 0 Å². The molecule has 3 rings (SSSR count). The zero-order valence-electron chi connectivity index (χ0n) is 10.4. The molecule has 3 aromatic rings. The molecule has 1 aromatic carbocycles. The van der Waals surface area contributed by atoms with E-state index in [0.29, 0.717) is 0 Å². The number of anilines is 1. The second-order valence-corrected chi connectivity index (χ2v) is 4.43. The smallest absolute Gasteiger partial charge is 0.104 e. The maximum Gasteiger partial charge on any atom is 0.104 e. The summed E-state index contributed by atoms with van der Waals surface area (Å²) in [6.07, 6.45) is 3.87. The van der Waals surface area contributed by atoms with Crippen LogP contribution in [0.3, 0.4) is 0 Å². The molecule has 0 fully saturated rings. The number of hydrogen-bond acceptors (Lipinski definition) is 3. The average Bonchev–Trinajstić information content (AvgIpc) is 2.90. The lowest BCUT2D eigenvalue weighted by atomic mass is 10.2. The number of fused-ring (bicyclic) bond motifs is 1. The molecule has 0 amide bonds. The van der Waals surface area contributed by atoms with Crippen LogP contribution in [0.4, 0.5) is 5.69 Å². The van der Waals surface area contributed by atoms with Crippen molar-refractivity contribution >= 4 is 16.7 Å². The standard InChI is InChI=1S/C13H15N5/c1-9-16-12-4-3-11(5-13(12)17-9)14-6-10-7-15-18(2)8-10/h3-5,7-8,14H,6H2,1-2H3,(H,16,17). The minimum absolute atomic E-state index is 0.770. The molecule has 0 aliphatic heterocycles. The van der Waals surface area contributed by atoms with E-state index in [0.717, 1.165) is 29.1 Å². The first-order valence-corrected chi connectivity index (χ1v) is 5.88. The Labute approximate surface area is 105 Å². The summed E-state index contributed by atoms with van der Waals surface area (Å²) in [5, 5.41) is 7.52. The molecule has 0 radical (unpaired) electrons. The predicted octanol–water partition coefficient (Wildman–Crippen LogP) is 2.22. The van der Waals surface area contributed by atoms with Gasteiger partial charge in [-0.3, -0.25) is 4.68 Å². The lowest BCUT2D eigenvalue weighted by Crippen LogP contribution is -1.98. The van der Waals surface area contributed by atoms with Gasteiger partial charge in [0.05, 0.1) is 17.2 Å². The zero-order chi connectivity index (χ0) is 12.5. The SMILES string of the molecule is Cc1nc2ccc(NCc3cnn(C)c3)cc2[nH]1. The molecule has 92 valence electrons. The molecule has 5 nitrogen and oxygen atoms in total. The van der Waals surface area contributed by atoms with Gasteiger partial charge in [0.25, 0.3) is 0 Å². The Kier molecular flexibility index (Phi) is 2.51. The lowest BCUT2D eigenvalue weighted by molar-refractivity contribution is 0.767. The summed E-state index contributed by atoms with van der Waals surface area (Å²) >= 11 is 0. The number of H-pyrrole nitrogens is 1. The van der Waals surface area contributed by atoms with Crippen LogP contribution in [0.2, 0.25) is 0 Å². The topological polar surface area (TPSA) is 58.5 Å². The monoisotopic (exact) mass is 241 g/mol. The molecule has 0 bridgehead atoms.